The van der Waals surface area contributed by atoms with Crippen LogP contribution in [0.3, 0.4) is 0 Å². The highest BCUT2D eigenvalue weighted by Crippen LogP contribution is 2.23. The quantitative estimate of drug-likeness (QED) is 0.853. The van der Waals surface area contributed by atoms with E-state index in [2.05, 4.69) is 20.7 Å². The highest BCUT2D eigenvalue weighted by atomic mass is 19.1. The fourth-order valence-corrected chi connectivity index (χ4v) is 1.97. The van der Waals surface area contributed by atoms with Crippen molar-refractivity contribution in [3.8, 4) is 0 Å². The zero-order chi connectivity index (χ0) is 14.1. The first kappa shape index (κ1) is 12.3. The molecule has 0 saturated heterocycles. The fourth-order valence-electron chi connectivity index (χ4n) is 1.97. The number of carbonyl (C=O) groups is 2. The molecule has 0 spiro atoms. The molecule has 2 N–H and O–H groups in total. The SMILES string of the molecule is O=C1CC(C(=O)Nc2ccc(F)cc2)n2ncnc2N1. The Kier molecular flexibility index (Phi) is 2.90. The standard InChI is InChI=1S/C12H10FN5O2/c13-7-1-3-8(4-2-7)16-11(20)9-5-10(19)17-12-14-6-15-18(9)12/h1-4,6,9H,5H2,(H,16,20)(H,14,15,17,19). The van der Waals surface area contributed by atoms with E-state index in [1.807, 2.05) is 0 Å². The van der Waals surface area contributed by atoms with Crippen LogP contribution in [0.2, 0.25) is 0 Å². The number of benzene rings is 1. The zero-order valence-corrected chi connectivity index (χ0v) is 10.2. The molecule has 1 atom stereocenters. The van der Waals surface area contributed by atoms with Gasteiger partial charge in [0, 0.05) is 5.69 Å². The van der Waals surface area contributed by atoms with Gasteiger partial charge in [0.15, 0.2) is 0 Å². The number of fused-ring (bicyclic) bond motifs is 1. The highest BCUT2D eigenvalue weighted by Gasteiger charge is 2.31. The Morgan fingerprint density at radius 3 is 2.90 bits per heavy atom. The van der Waals surface area contributed by atoms with Crippen molar-refractivity contribution in [3.63, 3.8) is 0 Å². The molecule has 0 fully saturated rings. The lowest BCUT2D eigenvalue weighted by Gasteiger charge is -2.22. The van der Waals surface area contributed by atoms with E-state index in [1.165, 1.54) is 35.3 Å². The summed E-state index contributed by atoms with van der Waals surface area (Å²) in [7, 11) is 0. The molecule has 7 nitrogen and oxygen atoms in total. The summed E-state index contributed by atoms with van der Waals surface area (Å²) >= 11 is 0. The molecule has 8 heteroatoms. The Morgan fingerprint density at radius 2 is 2.15 bits per heavy atom. The summed E-state index contributed by atoms with van der Waals surface area (Å²) in [6.45, 7) is 0. The maximum Gasteiger partial charge on any atom is 0.249 e. The number of nitrogens with one attached hydrogen (secondary N) is 2. The van der Waals surface area contributed by atoms with Crippen LogP contribution in [0.15, 0.2) is 30.6 Å². The molecule has 102 valence electrons. The summed E-state index contributed by atoms with van der Waals surface area (Å²) in [6.07, 6.45) is 1.24. The molecule has 2 amide bonds. The van der Waals surface area contributed by atoms with Gasteiger partial charge in [-0.2, -0.15) is 10.1 Å². The van der Waals surface area contributed by atoms with Gasteiger partial charge in [0.2, 0.25) is 17.8 Å². The summed E-state index contributed by atoms with van der Waals surface area (Å²) in [6, 6.07) is 4.59. The van der Waals surface area contributed by atoms with Gasteiger partial charge in [-0.25, -0.2) is 9.07 Å². The van der Waals surface area contributed by atoms with Crippen molar-refractivity contribution in [3.05, 3.63) is 36.4 Å². The first-order chi connectivity index (χ1) is 9.63. The number of aromatic nitrogens is 3. The van der Waals surface area contributed by atoms with Crippen molar-refractivity contribution >= 4 is 23.5 Å². The lowest BCUT2D eigenvalue weighted by Crippen LogP contribution is -2.35. The van der Waals surface area contributed by atoms with Crippen LogP contribution in [0.4, 0.5) is 16.0 Å². The van der Waals surface area contributed by atoms with Gasteiger partial charge in [0.1, 0.15) is 18.2 Å². The van der Waals surface area contributed by atoms with Crippen LogP contribution in [0.5, 0.6) is 0 Å². The molecule has 1 aliphatic rings. The molecule has 20 heavy (non-hydrogen) atoms. The molecule has 0 saturated carbocycles. The third-order valence-corrected chi connectivity index (χ3v) is 2.91. The minimum absolute atomic E-state index is 0.0244. The van der Waals surface area contributed by atoms with Crippen molar-refractivity contribution in [1.82, 2.24) is 14.8 Å². The third kappa shape index (κ3) is 2.22. The van der Waals surface area contributed by atoms with Gasteiger partial charge >= 0.3 is 0 Å². The topological polar surface area (TPSA) is 88.9 Å². The van der Waals surface area contributed by atoms with Crippen LogP contribution < -0.4 is 10.6 Å². The molecule has 2 aromatic rings. The molecule has 1 aromatic carbocycles. The number of halogens is 1. The van der Waals surface area contributed by atoms with Crippen molar-refractivity contribution in [2.45, 2.75) is 12.5 Å². The molecule has 1 aliphatic heterocycles. The molecular formula is C12H10FN5O2. The number of hydrogen-bond acceptors (Lipinski definition) is 4. The monoisotopic (exact) mass is 275 g/mol. The number of amides is 2. The molecule has 0 bridgehead atoms. The van der Waals surface area contributed by atoms with Gasteiger partial charge in [-0.05, 0) is 24.3 Å². The molecule has 1 aromatic heterocycles. The smallest absolute Gasteiger partial charge is 0.249 e. The Balaban J connectivity index is 1.81. The molecule has 2 heterocycles. The lowest BCUT2D eigenvalue weighted by atomic mass is 10.1. The number of nitrogens with zero attached hydrogens (tertiary/aromatic N) is 3. The summed E-state index contributed by atoms with van der Waals surface area (Å²) in [4.78, 5) is 27.5. The summed E-state index contributed by atoms with van der Waals surface area (Å²) in [5, 5.41) is 9.05. The number of anilines is 2. The van der Waals surface area contributed by atoms with Gasteiger partial charge in [-0.15, -0.1) is 0 Å². The van der Waals surface area contributed by atoms with Crippen LogP contribution in [0, 0.1) is 5.82 Å². The van der Waals surface area contributed by atoms with Crippen LogP contribution in [-0.4, -0.2) is 26.6 Å². The Bertz CT molecular complexity index is 667. The number of rotatable bonds is 2. The summed E-state index contributed by atoms with van der Waals surface area (Å²) in [5.41, 5.74) is 0.448. The number of hydrogen-bond donors (Lipinski definition) is 2. The second-order valence-corrected chi connectivity index (χ2v) is 4.29. The van der Waals surface area contributed by atoms with Crippen LogP contribution in [0.25, 0.3) is 0 Å². The van der Waals surface area contributed by atoms with E-state index in [-0.39, 0.29) is 18.3 Å². The predicted molar refractivity (Wildman–Crippen MR) is 67.3 cm³/mol. The Hall–Kier alpha value is -2.77. The Labute approximate surface area is 112 Å². The normalized spacial score (nSPS) is 17.2. The minimum atomic E-state index is -0.772. The van der Waals surface area contributed by atoms with Gasteiger partial charge in [-0.1, -0.05) is 0 Å². The van der Waals surface area contributed by atoms with Crippen molar-refractivity contribution in [1.29, 1.82) is 0 Å². The maximum absolute atomic E-state index is 12.8. The highest BCUT2D eigenvalue weighted by molar-refractivity contribution is 6.00. The van der Waals surface area contributed by atoms with E-state index in [9.17, 15) is 14.0 Å². The maximum atomic E-state index is 12.8. The first-order valence-electron chi connectivity index (χ1n) is 5.89. The molecule has 0 radical (unpaired) electrons. The number of carbonyl (C=O) groups excluding carboxylic acids is 2. The van der Waals surface area contributed by atoms with E-state index >= 15 is 0 Å². The fraction of sp³-hybridized carbons (Fsp3) is 0.167. The molecule has 0 aliphatic carbocycles. The van der Waals surface area contributed by atoms with Gasteiger partial charge in [0.25, 0.3) is 0 Å². The Morgan fingerprint density at radius 1 is 1.40 bits per heavy atom. The second-order valence-electron chi connectivity index (χ2n) is 4.29. The van der Waals surface area contributed by atoms with Gasteiger partial charge in [-0.3, -0.25) is 14.9 Å². The zero-order valence-electron chi connectivity index (χ0n) is 10.2. The van der Waals surface area contributed by atoms with Gasteiger partial charge < -0.3 is 5.32 Å². The van der Waals surface area contributed by atoms with E-state index in [0.717, 1.165) is 0 Å². The molecule has 3 rings (SSSR count). The van der Waals surface area contributed by atoms with Crippen LogP contribution in [-0.2, 0) is 9.59 Å². The predicted octanol–water partition coefficient (Wildman–Crippen LogP) is 0.939. The van der Waals surface area contributed by atoms with Crippen LogP contribution in [0.1, 0.15) is 12.5 Å². The largest absolute Gasteiger partial charge is 0.324 e. The lowest BCUT2D eigenvalue weighted by molar-refractivity contribution is -0.125. The summed E-state index contributed by atoms with van der Waals surface area (Å²) in [5.74, 6) is -0.859. The average Bonchev–Trinajstić information content (AvgIpc) is 2.88. The van der Waals surface area contributed by atoms with Crippen molar-refractivity contribution in [2.24, 2.45) is 0 Å². The molecule has 1 unspecified atom stereocenters. The van der Waals surface area contributed by atoms with E-state index in [1.54, 1.807) is 0 Å². The first-order valence-corrected chi connectivity index (χ1v) is 5.89. The van der Waals surface area contributed by atoms with Gasteiger partial charge in [0.05, 0.1) is 6.42 Å². The van der Waals surface area contributed by atoms with E-state index < -0.39 is 17.8 Å². The molecular weight excluding hydrogens is 265 g/mol. The average molecular weight is 275 g/mol. The summed E-state index contributed by atoms with van der Waals surface area (Å²) < 4.78 is 14.1. The van der Waals surface area contributed by atoms with E-state index in [4.69, 9.17) is 0 Å². The third-order valence-electron chi connectivity index (χ3n) is 2.91. The second kappa shape index (κ2) is 4.72. The van der Waals surface area contributed by atoms with Crippen molar-refractivity contribution in [2.75, 3.05) is 10.6 Å². The van der Waals surface area contributed by atoms with Crippen molar-refractivity contribution < 1.29 is 14.0 Å². The van der Waals surface area contributed by atoms with E-state index in [0.29, 0.717) is 5.69 Å². The van der Waals surface area contributed by atoms with Crippen LogP contribution >= 0.6 is 0 Å². The minimum Gasteiger partial charge on any atom is -0.324 e.